The predicted molar refractivity (Wildman–Crippen MR) is 167 cm³/mol. The summed E-state index contributed by atoms with van der Waals surface area (Å²) < 4.78 is 53.3. The molecular weight excluding hydrogens is 667 g/mol. The number of ether oxygens (including phenoxy) is 2. The molecule has 2 aliphatic rings. The van der Waals surface area contributed by atoms with Crippen LogP contribution in [0.2, 0.25) is 5.02 Å². The molecule has 6 rings (SSSR count). The van der Waals surface area contributed by atoms with E-state index >= 15 is 0 Å². The lowest BCUT2D eigenvalue weighted by Crippen LogP contribution is -2.33. The summed E-state index contributed by atoms with van der Waals surface area (Å²) in [5.74, 6) is -3.61. The van der Waals surface area contributed by atoms with Crippen molar-refractivity contribution >= 4 is 63.8 Å². The number of rotatable bonds is 8. The molecule has 0 bridgehead atoms. The van der Waals surface area contributed by atoms with E-state index in [0.29, 0.717) is 31.1 Å². The van der Waals surface area contributed by atoms with Crippen LogP contribution in [0.15, 0.2) is 76.6 Å². The first-order valence-corrected chi connectivity index (χ1v) is 15.9. The number of H-pyrrole nitrogens is 1. The SMILES string of the molecule is CCOc1cc(C2c3sc(=O)[nH]c3SC3C(=O)N(c4ccccc4C(F)(F)F)C(=O)C32)ccc1OCC(=O)Nc1ccc(Cl)cc1. The third-order valence-corrected chi connectivity index (χ3v) is 10.0. The maximum Gasteiger partial charge on any atom is 0.418 e. The van der Waals surface area contributed by atoms with E-state index in [1.165, 1.54) is 12.1 Å². The molecule has 3 aromatic carbocycles. The molecule has 1 fully saturated rings. The van der Waals surface area contributed by atoms with Gasteiger partial charge in [-0.05, 0) is 61.0 Å². The van der Waals surface area contributed by atoms with Crippen molar-refractivity contribution in [2.45, 2.75) is 29.3 Å². The Morgan fingerprint density at radius 3 is 2.46 bits per heavy atom. The van der Waals surface area contributed by atoms with Gasteiger partial charge >= 0.3 is 11.0 Å². The lowest BCUT2D eigenvalue weighted by atomic mass is 9.83. The number of carbonyl (C=O) groups is 3. The summed E-state index contributed by atoms with van der Waals surface area (Å²) in [6, 6.07) is 15.7. The van der Waals surface area contributed by atoms with E-state index < -0.39 is 57.1 Å². The Morgan fingerprint density at radius 2 is 1.74 bits per heavy atom. The maximum atomic E-state index is 14.0. The highest BCUT2D eigenvalue weighted by atomic mass is 35.5. The molecule has 0 spiro atoms. The number of halogens is 4. The number of benzene rings is 3. The number of aromatic amines is 1. The number of thiazole rings is 1. The summed E-state index contributed by atoms with van der Waals surface area (Å²) in [5, 5.41) is 2.47. The van der Waals surface area contributed by atoms with Crippen LogP contribution in [0.25, 0.3) is 0 Å². The number of amides is 3. The highest BCUT2D eigenvalue weighted by Gasteiger charge is 2.57. The fourth-order valence-corrected chi connectivity index (χ4v) is 8.14. The number of imide groups is 1. The van der Waals surface area contributed by atoms with Gasteiger partial charge in [0.1, 0.15) is 5.25 Å². The van der Waals surface area contributed by atoms with Gasteiger partial charge in [0.05, 0.1) is 28.8 Å². The minimum atomic E-state index is -4.81. The van der Waals surface area contributed by atoms with E-state index in [0.717, 1.165) is 35.2 Å². The second-order valence-electron chi connectivity index (χ2n) is 10.3. The number of carbonyl (C=O) groups excluding carboxylic acids is 3. The van der Waals surface area contributed by atoms with Crippen LogP contribution in [0.3, 0.4) is 0 Å². The maximum absolute atomic E-state index is 14.0. The van der Waals surface area contributed by atoms with Crippen LogP contribution in [0.4, 0.5) is 24.5 Å². The molecule has 3 unspecified atom stereocenters. The number of nitrogens with zero attached hydrogens (tertiary/aromatic N) is 1. The molecular formula is C31H23ClF3N3O6S2. The Balaban J connectivity index is 1.33. The summed E-state index contributed by atoms with van der Waals surface area (Å²) in [7, 11) is 0. The molecule has 2 aliphatic heterocycles. The molecule has 9 nitrogen and oxygen atoms in total. The van der Waals surface area contributed by atoms with Crippen LogP contribution in [0.1, 0.15) is 28.8 Å². The van der Waals surface area contributed by atoms with Gasteiger partial charge in [-0.25, -0.2) is 4.90 Å². The molecule has 15 heteroatoms. The number of para-hydroxylation sites is 1. The second-order valence-corrected chi connectivity index (χ2v) is 12.9. The van der Waals surface area contributed by atoms with Gasteiger partial charge in [0, 0.05) is 21.5 Å². The monoisotopic (exact) mass is 689 g/mol. The Hall–Kier alpha value is -4.27. The zero-order valence-corrected chi connectivity index (χ0v) is 26.1. The van der Waals surface area contributed by atoms with Crippen molar-refractivity contribution in [1.82, 2.24) is 4.98 Å². The van der Waals surface area contributed by atoms with Gasteiger partial charge in [0.2, 0.25) is 11.8 Å². The number of fused-ring (bicyclic) bond motifs is 2. The molecule has 238 valence electrons. The quantitative estimate of drug-likeness (QED) is 0.208. The molecule has 2 N–H and O–H groups in total. The third kappa shape index (κ3) is 5.99. The van der Waals surface area contributed by atoms with Gasteiger partial charge in [-0.15, -0.1) is 0 Å². The minimum Gasteiger partial charge on any atom is -0.490 e. The molecule has 3 atom stereocenters. The zero-order valence-electron chi connectivity index (χ0n) is 23.7. The summed E-state index contributed by atoms with van der Waals surface area (Å²) in [6.07, 6.45) is -4.81. The third-order valence-electron chi connectivity index (χ3n) is 7.39. The minimum absolute atomic E-state index is 0.214. The Labute approximate surface area is 272 Å². The summed E-state index contributed by atoms with van der Waals surface area (Å²) in [4.78, 5) is 56.0. The predicted octanol–water partition coefficient (Wildman–Crippen LogP) is 6.32. The van der Waals surface area contributed by atoms with Crippen molar-refractivity contribution in [3.05, 3.63) is 97.4 Å². The first-order chi connectivity index (χ1) is 22.0. The lowest BCUT2D eigenvalue weighted by molar-refractivity contribution is -0.137. The molecule has 0 aliphatic carbocycles. The zero-order chi connectivity index (χ0) is 32.7. The number of nitrogens with one attached hydrogen (secondary N) is 2. The molecule has 3 heterocycles. The average molecular weight is 690 g/mol. The largest absolute Gasteiger partial charge is 0.490 e. The van der Waals surface area contributed by atoms with E-state index in [1.54, 1.807) is 49.4 Å². The lowest BCUT2D eigenvalue weighted by Gasteiger charge is -2.30. The Bertz CT molecular complexity index is 1900. The van der Waals surface area contributed by atoms with Crippen molar-refractivity contribution in [2.75, 3.05) is 23.4 Å². The normalized spacial score (nSPS) is 19.1. The van der Waals surface area contributed by atoms with Crippen LogP contribution >= 0.6 is 34.7 Å². The molecule has 1 saturated heterocycles. The molecule has 46 heavy (non-hydrogen) atoms. The second kappa shape index (κ2) is 12.5. The summed E-state index contributed by atoms with van der Waals surface area (Å²) >= 11 is 7.71. The number of hydrogen-bond acceptors (Lipinski definition) is 8. The number of thioether (sulfide) groups is 1. The van der Waals surface area contributed by atoms with E-state index in [1.807, 2.05) is 0 Å². The Kier molecular flexibility index (Phi) is 8.61. The van der Waals surface area contributed by atoms with Gasteiger partial charge in [-0.2, -0.15) is 13.2 Å². The number of aromatic nitrogens is 1. The van der Waals surface area contributed by atoms with Crippen molar-refractivity contribution < 1.29 is 37.0 Å². The van der Waals surface area contributed by atoms with Crippen molar-refractivity contribution in [1.29, 1.82) is 0 Å². The van der Waals surface area contributed by atoms with Crippen LogP contribution in [-0.2, 0) is 20.6 Å². The number of anilines is 2. The van der Waals surface area contributed by atoms with E-state index in [-0.39, 0.29) is 24.7 Å². The van der Waals surface area contributed by atoms with Crippen LogP contribution in [0.5, 0.6) is 11.5 Å². The van der Waals surface area contributed by atoms with Crippen molar-refractivity contribution in [3.8, 4) is 11.5 Å². The van der Waals surface area contributed by atoms with Gasteiger partial charge < -0.3 is 19.8 Å². The summed E-state index contributed by atoms with van der Waals surface area (Å²) in [6.45, 7) is 1.59. The van der Waals surface area contributed by atoms with Crippen LogP contribution in [0, 0.1) is 5.92 Å². The van der Waals surface area contributed by atoms with Crippen molar-refractivity contribution in [3.63, 3.8) is 0 Å². The van der Waals surface area contributed by atoms with Crippen LogP contribution in [-0.4, -0.2) is 41.2 Å². The van der Waals surface area contributed by atoms with Gasteiger partial charge in [0.15, 0.2) is 18.1 Å². The first kappa shape index (κ1) is 31.7. The first-order valence-electron chi connectivity index (χ1n) is 13.8. The molecule has 3 amide bonds. The molecule has 0 saturated carbocycles. The molecule has 4 aromatic rings. The van der Waals surface area contributed by atoms with Gasteiger partial charge in [-0.1, -0.05) is 52.9 Å². The number of alkyl halides is 3. The molecule has 0 radical (unpaired) electrons. The molecule has 1 aromatic heterocycles. The van der Waals surface area contributed by atoms with Gasteiger partial charge in [-0.3, -0.25) is 19.2 Å². The number of hydrogen-bond donors (Lipinski definition) is 2. The van der Waals surface area contributed by atoms with E-state index in [4.69, 9.17) is 21.1 Å². The standard InChI is InChI=1S/C31H23ClF3N3O6S2/c1-2-43-21-13-15(7-12-20(21)44-14-22(39)36-17-10-8-16(32)9-11-17)23-24-26(45-27-25(23)46-30(42)37-27)29(41)38(28(24)40)19-6-4-3-5-18(19)31(33,34)35/h3-13,23-24,26H,2,14H2,1H3,(H,36,39)(H,37,42). The highest BCUT2D eigenvalue weighted by Crippen LogP contribution is 2.54. The fraction of sp³-hybridized carbons (Fsp3) is 0.226. The van der Waals surface area contributed by atoms with Crippen molar-refractivity contribution in [2.24, 2.45) is 5.92 Å². The van der Waals surface area contributed by atoms with Gasteiger partial charge in [0.25, 0.3) is 5.91 Å². The Morgan fingerprint density at radius 1 is 1.00 bits per heavy atom. The average Bonchev–Trinajstić information content (AvgIpc) is 3.51. The fourth-order valence-electron chi connectivity index (χ4n) is 5.50. The highest BCUT2D eigenvalue weighted by molar-refractivity contribution is 8.00. The van der Waals surface area contributed by atoms with E-state index in [9.17, 15) is 32.3 Å². The summed E-state index contributed by atoms with van der Waals surface area (Å²) in [5.41, 5.74) is -0.668. The van der Waals surface area contributed by atoms with Crippen LogP contribution < -0.4 is 24.6 Å². The van der Waals surface area contributed by atoms with E-state index in [2.05, 4.69) is 10.3 Å². The topological polar surface area (TPSA) is 118 Å². The smallest absolute Gasteiger partial charge is 0.418 e.